The van der Waals surface area contributed by atoms with Crippen molar-refractivity contribution in [3.05, 3.63) is 30.3 Å². The summed E-state index contributed by atoms with van der Waals surface area (Å²) in [5.74, 6) is 0.877. The molecule has 0 heterocycles. The fraction of sp³-hybridized carbons (Fsp3) is 0.556. The Balaban J connectivity index is 2.08. The van der Waals surface area contributed by atoms with Crippen LogP contribution in [-0.4, -0.2) is 6.61 Å². The predicted octanol–water partition coefficient (Wildman–Crippen LogP) is 6.14. The first-order valence-corrected chi connectivity index (χ1v) is 8.31. The molecule has 1 aromatic carbocycles. The molecule has 0 saturated carbocycles. The highest BCUT2D eigenvalue weighted by molar-refractivity contribution is 7.80. The largest absolute Gasteiger partial charge is 0.492 e. The fourth-order valence-electron chi connectivity index (χ4n) is 2.20. The van der Waals surface area contributed by atoms with Crippen LogP contribution < -0.4 is 4.74 Å². The minimum atomic E-state index is 0.788. The molecule has 0 aliphatic rings. The van der Waals surface area contributed by atoms with E-state index >= 15 is 0 Å². The standard InChI is InChI=1S/C18H28OS/c1-3-5-6-7-8-9-10-11-14-19-17-13-12-16(4-2)15-18(17)20/h4,12-13,15,20H,2-3,5-11,14H2,1H3. The Hall–Kier alpha value is -0.890. The molecule has 0 aromatic heterocycles. The molecule has 1 aromatic rings. The summed E-state index contributed by atoms with van der Waals surface area (Å²) >= 11 is 4.44. The molecule has 0 atom stereocenters. The van der Waals surface area contributed by atoms with Gasteiger partial charge in [-0.2, -0.15) is 0 Å². The molecule has 0 unspecified atom stereocenters. The van der Waals surface area contributed by atoms with Crippen LogP contribution in [0.1, 0.15) is 63.9 Å². The number of thiol groups is 1. The molecule has 0 fully saturated rings. The van der Waals surface area contributed by atoms with Crippen molar-refractivity contribution in [2.45, 2.75) is 63.2 Å². The smallest absolute Gasteiger partial charge is 0.132 e. The van der Waals surface area contributed by atoms with E-state index in [0.29, 0.717) is 0 Å². The first-order valence-electron chi connectivity index (χ1n) is 7.86. The van der Waals surface area contributed by atoms with Crippen LogP contribution in [0.4, 0.5) is 0 Å². The normalized spacial score (nSPS) is 10.5. The topological polar surface area (TPSA) is 9.23 Å². The average molecular weight is 292 g/mol. The second-order valence-electron chi connectivity index (χ2n) is 5.25. The Bertz CT molecular complexity index is 387. The second-order valence-corrected chi connectivity index (χ2v) is 5.74. The van der Waals surface area contributed by atoms with Gasteiger partial charge in [-0.15, -0.1) is 12.6 Å². The zero-order valence-corrected chi connectivity index (χ0v) is 13.6. The lowest BCUT2D eigenvalue weighted by Crippen LogP contribution is -1.98. The summed E-state index contributed by atoms with van der Waals surface area (Å²) in [5, 5.41) is 0. The Morgan fingerprint density at radius 3 is 2.30 bits per heavy atom. The number of hydrogen-bond donors (Lipinski definition) is 1. The quantitative estimate of drug-likeness (QED) is 0.381. The van der Waals surface area contributed by atoms with E-state index in [2.05, 4.69) is 26.1 Å². The van der Waals surface area contributed by atoms with Gasteiger partial charge in [0.15, 0.2) is 0 Å². The van der Waals surface area contributed by atoms with Gasteiger partial charge < -0.3 is 4.74 Å². The number of benzene rings is 1. The van der Waals surface area contributed by atoms with Gasteiger partial charge in [0.25, 0.3) is 0 Å². The molecule has 1 rings (SSSR count). The van der Waals surface area contributed by atoms with Crippen molar-refractivity contribution in [1.82, 2.24) is 0 Å². The Kier molecular flexibility index (Phi) is 9.31. The van der Waals surface area contributed by atoms with Crippen LogP contribution >= 0.6 is 12.6 Å². The van der Waals surface area contributed by atoms with Crippen LogP contribution in [0.5, 0.6) is 5.75 Å². The lowest BCUT2D eigenvalue weighted by molar-refractivity contribution is 0.298. The zero-order valence-electron chi connectivity index (χ0n) is 12.7. The van der Waals surface area contributed by atoms with Gasteiger partial charge in [0, 0.05) is 4.90 Å². The molecule has 0 aliphatic heterocycles. The summed E-state index contributed by atoms with van der Waals surface area (Å²) in [6.07, 6.45) is 12.4. The number of rotatable bonds is 11. The van der Waals surface area contributed by atoms with Gasteiger partial charge in [0.1, 0.15) is 5.75 Å². The van der Waals surface area contributed by atoms with E-state index in [1.165, 1.54) is 44.9 Å². The van der Waals surface area contributed by atoms with Gasteiger partial charge in [-0.3, -0.25) is 0 Å². The van der Waals surface area contributed by atoms with Crippen molar-refractivity contribution in [2.75, 3.05) is 6.61 Å². The molecule has 0 spiro atoms. The third-order valence-corrected chi connectivity index (χ3v) is 3.82. The molecule has 112 valence electrons. The van der Waals surface area contributed by atoms with Gasteiger partial charge in [-0.1, -0.05) is 70.6 Å². The van der Waals surface area contributed by atoms with E-state index in [1.54, 1.807) is 0 Å². The third kappa shape index (κ3) is 7.04. The maximum Gasteiger partial charge on any atom is 0.132 e. The first-order chi connectivity index (χ1) is 9.77. The number of unbranched alkanes of at least 4 members (excludes halogenated alkanes) is 7. The predicted molar refractivity (Wildman–Crippen MR) is 91.9 cm³/mol. The molecular weight excluding hydrogens is 264 g/mol. The number of hydrogen-bond acceptors (Lipinski definition) is 2. The SMILES string of the molecule is C=Cc1ccc(OCCCCCCCCCC)c(S)c1. The Labute approximate surface area is 129 Å². The van der Waals surface area contributed by atoms with Crippen molar-refractivity contribution in [2.24, 2.45) is 0 Å². The van der Waals surface area contributed by atoms with Gasteiger partial charge in [-0.25, -0.2) is 0 Å². The monoisotopic (exact) mass is 292 g/mol. The highest BCUT2D eigenvalue weighted by atomic mass is 32.1. The summed E-state index contributed by atoms with van der Waals surface area (Å²) in [4.78, 5) is 0.891. The fourth-order valence-corrected chi connectivity index (χ4v) is 2.49. The lowest BCUT2D eigenvalue weighted by Gasteiger charge is -2.09. The summed E-state index contributed by atoms with van der Waals surface area (Å²) in [5.41, 5.74) is 1.08. The van der Waals surface area contributed by atoms with Crippen molar-refractivity contribution in [3.63, 3.8) is 0 Å². The molecule has 1 nitrogen and oxygen atoms in total. The second kappa shape index (κ2) is 10.8. The van der Waals surface area contributed by atoms with Crippen LogP contribution in [0.15, 0.2) is 29.7 Å². The molecule has 0 radical (unpaired) electrons. The average Bonchev–Trinajstić information content (AvgIpc) is 2.47. The molecule has 0 bridgehead atoms. The highest BCUT2D eigenvalue weighted by Gasteiger charge is 2.00. The third-order valence-electron chi connectivity index (χ3n) is 3.47. The molecule has 2 heteroatoms. The van der Waals surface area contributed by atoms with Crippen molar-refractivity contribution in [3.8, 4) is 5.75 Å². The Morgan fingerprint density at radius 2 is 1.70 bits per heavy atom. The minimum absolute atomic E-state index is 0.788. The van der Waals surface area contributed by atoms with Gasteiger partial charge in [-0.05, 0) is 24.1 Å². The van der Waals surface area contributed by atoms with Crippen LogP contribution in [0.3, 0.4) is 0 Å². The van der Waals surface area contributed by atoms with Gasteiger partial charge in [0.2, 0.25) is 0 Å². The van der Waals surface area contributed by atoms with Crippen molar-refractivity contribution in [1.29, 1.82) is 0 Å². The summed E-state index contributed by atoms with van der Waals surface area (Å²) in [6, 6.07) is 5.97. The minimum Gasteiger partial charge on any atom is -0.492 e. The molecular formula is C18H28OS. The zero-order chi connectivity index (χ0) is 14.6. The molecule has 20 heavy (non-hydrogen) atoms. The molecule has 0 amide bonds. The van der Waals surface area contributed by atoms with Gasteiger partial charge in [0.05, 0.1) is 6.61 Å². The highest BCUT2D eigenvalue weighted by Crippen LogP contribution is 2.24. The van der Waals surface area contributed by atoms with E-state index in [4.69, 9.17) is 4.74 Å². The van der Waals surface area contributed by atoms with E-state index in [0.717, 1.165) is 29.2 Å². The van der Waals surface area contributed by atoms with E-state index in [-0.39, 0.29) is 0 Å². The first kappa shape index (κ1) is 17.2. The molecule has 0 aliphatic carbocycles. The maximum absolute atomic E-state index is 5.77. The molecule has 0 saturated heterocycles. The van der Waals surface area contributed by atoms with E-state index < -0.39 is 0 Å². The Morgan fingerprint density at radius 1 is 1.05 bits per heavy atom. The molecule has 0 N–H and O–H groups in total. The summed E-state index contributed by atoms with van der Waals surface area (Å²) in [7, 11) is 0. The van der Waals surface area contributed by atoms with E-state index in [1.807, 2.05) is 24.3 Å². The maximum atomic E-state index is 5.77. The van der Waals surface area contributed by atoms with Crippen LogP contribution in [0.25, 0.3) is 6.08 Å². The van der Waals surface area contributed by atoms with Crippen LogP contribution in [0.2, 0.25) is 0 Å². The van der Waals surface area contributed by atoms with Crippen molar-refractivity contribution < 1.29 is 4.74 Å². The van der Waals surface area contributed by atoms with E-state index in [9.17, 15) is 0 Å². The van der Waals surface area contributed by atoms with Crippen molar-refractivity contribution >= 4 is 18.7 Å². The van der Waals surface area contributed by atoms with Crippen LogP contribution in [0, 0.1) is 0 Å². The van der Waals surface area contributed by atoms with Gasteiger partial charge >= 0.3 is 0 Å². The van der Waals surface area contributed by atoms with Crippen LogP contribution in [-0.2, 0) is 0 Å². The summed E-state index contributed by atoms with van der Waals surface area (Å²) in [6.45, 7) is 6.80. The summed E-state index contributed by atoms with van der Waals surface area (Å²) < 4.78 is 5.77. The lowest BCUT2D eigenvalue weighted by atomic mass is 10.1. The number of ether oxygens (including phenoxy) is 1.